The van der Waals surface area contributed by atoms with Gasteiger partial charge in [-0.1, -0.05) is 24.8 Å². The van der Waals surface area contributed by atoms with E-state index in [0.29, 0.717) is 0 Å². The molecule has 4 heteroatoms. The van der Waals surface area contributed by atoms with Crippen LogP contribution in [0.3, 0.4) is 0 Å². The van der Waals surface area contributed by atoms with Crippen LogP contribution in [0.4, 0.5) is 0 Å². The highest BCUT2D eigenvalue weighted by atomic mass is 32.2. The van der Waals surface area contributed by atoms with Crippen LogP contribution < -0.4 is 5.32 Å². The van der Waals surface area contributed by atoms with Gasteiger partial charge >= 0.3 is 0 Å². The Hall–Kier alpha value is -0.480. The Morgan fingerprint density at radius 1 is 1.60 bits per heavy atom. The van der Waals surface area contributed by atoms with Crippen molar-refractivity contribution < 1.29 is 0 Å². The van der Waals surface area contributed by atoms with Crippen LogP contribution in [0.1, 0.15) is 11.8 Å². The summed E-state index contributed by atoms with van der Waals surface area (Å²) in [4.78, 5) is 5.94. The fourth-order valence-electron chi connectivity index (χ4n) is 1.41. The monoisotopic (exact) mass is 240 g/mol. The highest BCUT2D eigenvalue weighted by Crippen LogP contribution is 2.15. The van der Waals surface area contributed by atoms with Gasteiger partial charge in [-0.3, -0.25) is 4.99 Å². The van der Waals surface area contributed by atoms with E-state index in [4.69, 9.17) is 0 Å². The van der Waals surface area contributed by atoms with E-state index in [-0.39, 0.29) is 0 Å². The summed E-state index contributed by atoms with van der Waals surface area (Å²) < 4.78 is 0. The van der Waals surface area contributed by atoms with Gasteiger partial charge in [0.25, 0.3) is 0 Å². The molecule has 0 bridgehead atoms. The minimum Gasteiger partial charge on any atom is -0.365 e. The maximum absolute atomic E-state index is 4.50. The Morgan fingerprint density at radius 3 is 3.20 bits per heavy atom. The normalized spacial score (nSPS) is 21.1. The predicted molar refractivity (Wildman–Crippen MR) is 69.9 cm³/mol. The molecule has 1 unspecified atom stereocenters. The number of aliphatic imine (C=N–C) groups is 1. The molecule has 1 aromatic rings. The zero-order valence-electron chi connectivity index (χ0n) is 8.90. The van der Waals surface area contributed by atoms with Crippen molar-refractivity contribution in [3.63, 3.8) is 0 Å². The lowest BCUT2D eigenvalue weighted by atomic mass is 10.2. The van der Waals surface area contributed by atoms with Crippen LogP contribution in [0.15, 0.2) is 22.5 Å². The van der Waals surface area contributed by atoms with Gasteiger partial charge in [-0.2, -0.15) is 0 Å². The quantitative estimate of drug-likeness (QED) is 0.878. The van der Waals surface area contributed by atoms with E-state index >= 15 is 0 Å². The number of amidine groups is 1. The molecule has 0 radical (unpaired) electrons. The first-order valence-electron chi connectivity index (χ1n) is 5.28. The highest BCUT2D eigenvalue weighted by Gasteiger charge is 2.11. The second kappa shape index (κ2) is 5.56. The maximum Gasteiger partial charge on any atom is 0.156 e. The van der Waals surface area contributed by atoms with E-state index in [1.165, 1.54) is 10.6 Å². The lowest BCUT2D eigenvalue weighted by Crippen LogP contribution is -2.27. The third-order valence-electron chi connectivity index (χ3n) is 2.28. The lowest BCUT2D eigenvalue weighted by Gasteiger charge is -2.17. The Kier molecular flexibility index (Phi) is 4.09. The SMILES string of the molecule is CC1CN=C(NCCc2cccs2)SC1. The molecule has 0 saturated heterocycles. The van der Waals surface area contributed by atoms with Crippen molar-refractivity contribution in [1.29, 1.82) is 0 Å². The molecule has 0 spiro atoms. The van der Waals surface area contributed by atoms with Gasteiger partial charge in [-0.05, 0) is 23.8 Å². The summed E-state index contributed by atoms with van der Waals surface area (Å²) in [5.74, 6) is 1.93. The topological polar surface area (TPSA) is 24.4 Å². The highest BCUT2D eigenvalue weighted by molar-refractivity contribution is 8.13. The predicted octanol–water partition coefficient (Wildman–Crippen LogP) is 2.62. The van der Waals surface area contributed by atoms with E-state index in [2.05, 4.69) is 34.7 Å². The number of thioether (sulfide) groups is 1. The number of nitrogens with zero attached hydrogens (tertiary/aromatic N) is 1. The molecule has 0 saturated carbocycles. The van der Waals surface area contributed by atoms with Crippen LogP contribution in [0.5, 0.6) is 0 Å². The minimum atomic E-state index is 0.734. The number of hydrogen-bond acceptors (Lipinski definition) is 4. The summed E-state index contributed by atoms with van der Waals surface area (Å²) in [6.07, 6.45) is 1.10. The molecule has 82 valence electrons. The van der Waals surface area contributed by atoms with Crippen molar-refractivity contribution in [2.24, 2.45) is 10.9 Å². The van der Waals surface area contributed by atoms with Gasteiger partial charge in [0, 0.05) is 23.7 Å². The second-order valence-corrected chi connectivity index (χ2v) is 5.86. The fourth-order valence-corrected chi connectivity index (χ4v) is 3.04. The van der Waals surface area contributed by atoms with E-state index < -0.39 is 0 Å². The zero-order valence-corrected chi connectivity index (χ0v) is 10.5. The Morgan fingerprint density at radius 2 is 2.53 bits per heavy atom. The number of hydrogen-bond donors (Lipinski definition) is 1. The van der Waals surface area contributed by atoms with E-state index in [0.717, 1.165) is 30.6 Å². The van der Waals surface area contributed by atoms with Crippen molar-refractivity contribution in [2.45, 2.75) is 13.3 Å². The molecule has 1 atom stereocenters. The fraction of sp³-hybridized carbons (Fsp3) is 0.545. The summed E-state index contributed by atoms with van der Waals surface area (Å²) >= 11 is 3.67. The van der Waals surface area contributed by atoms with Crippen LogP contribution in [0.2, 0.25) is 0 Å². The average molecular weight is 240 g/mol. The van der Waals surface area contributed by atoms with Gasteiger partial charge in [0.1, 0.15) is 0 Å². The van der Waals surface area contributed by atoms with Crippen LogP contribution in [0.25, 0.3) is 0 Å². The Balaban J connectivity index is 1.70. The van der Waals surface area contributed by atoms with Crippen molar-refractivity contribution >= 4 is 28.3 Å². The van der Waals surface area contributed by atoms with Crippen LogP contribution in [-0.4, -0.2) is 24.0 Å². The third-order valence-corrected chi connectivity index (χ3v) is 4.50. The van der Waals surface area contributed by atoms with Crippen molar-refractivity contribution in [3.05, 3.63) is 22.4 Å². The Bertz CT molecular complexity index is 319. The smallest absolute Gasteiger partial charge is 0.156 e. The van der Waals surface area contributed by atoms with Gasteiger partial charge in [-0.15, -0.1) is 11.3 Å². The molecule has 2 rings (SSSR count). The van der Waals surface area contributed by atoms with Gasteiger partial charge in [0.15, 0.2) is 5.17 Å². The van der Waals surface area contributed by atoms with Crippen molar-refractivity contribution in [1.82, 2.24) is 5.32 Å². The van der Waals surface area contributed by atoms with E-state index in [9.17, 15) is 0 Å². The third kappa shape index (κ3) is 3.54. The van der Waals surface area contributed by atoms with Crippen molar-refractivity contribution in [2.75, 3.05) is 18.8 Å². The molecule has 0 aliphatic carbocycles. The average Bonchev–Trinajstić information content (AvgIpc) is 2.74. The molecule has 2 heterocycles. The van der Waals surface area contributed by atoms with Crippen LogP contribution in [0, 0.1) is 5.92 Å². The molecule has 0 amide bonds. The largest absolute Gasteiger partial charge is 0.365 e. The van der Waals surface area contributed by atoms with Crippen molar-refractivity contribution in [3.8, 4) is 0 Å². The first-order chi connectivity index (χ1) is 7.34. The summed E-state index contributed by atoms with van der Waals surface area (Å²) in [7, 11) is 0. The Labute approximate surface area is 99.2 Å². The number of nitrogens with one attached hydrogen (secondary N) is 1. The first-order valence-corrected chi connectivity index (χ1v) is 7.14. The summed E-state index contributed by atoms with van der Waals surface area (Å²) in [6.45, 7) is 4.23. The summed E-state index contributed by atoms with van der Waals surface area (Å²) in [5, 5.41) is 6.66. The zero-order chi connectivity index (χ0) is 10.5. The number of rotatable bonds is 3. The van der Waals surface area contributed by atoms with Gasteiger partial charge in [-0.25, -0.2) is 0 Å². The molecule has 1 N–H and O–H groups in total. The summed E-state index contributed by atoms with van der Waals surface area (Å²) in [5.41, 5.74) is 0. The molecule has 0 aromatic carbocycles. The van der Waals surface area contributed by atoms with Gasteiger partial charge in [0.2, 0.25) is 0 Å². The van der Waals surface area contributed by atoms with Crippen LogP contribution >= 0.6 is 23.1 Å². The minimum absolute atomic E-state index is 0.734. The van der Waals surface area contributed by atoms with Gasteiger partial charge in [0.05, 0.1) is 0 Å². The van der Waals surface area contributed by atoms with E-state index in [1.807, 2.05) is 23.1 Å². The number of thiophene rings is 1. The molecular weight excluding hydrogens is 224 g/mol. The molecule has 1 aliphatic rings. The second-order valence-electron chi connectivity index (χ2n) is 3.82. The van der Waals surface area contributed by atoms with E-state index in [1.54, 1.807) is 0 Å². The summed E-state index contributed by atoms with van der Waals surface area (Å²) in [6, 6.07) is 4.29. The van der Waals surface area contributed by atoms with Gasteiger partial charge < -0.3 is 5.32 Å². The maximum atomic E-state index is 4.50. The molecule has 2 nitrogen and oxygen atoms in total. The van der Waals surface area contributed by atoms with Crippen LogP contribution in [-0.2, 0) is 6.42 Å². The molecular formula is C11H16N2S2. The molecule has 15 heavy (non-hydrogen) atoms. The standard InChI is InChI=1S/C11H16N2S2/c1-9-7-13-11(15-8-9)12-5-4-10-3-2-6-14-10/h2-3,6,9H,4-5,7-8H2,1H3,(H,12,13). The molecule has 0 fully saturated rings. The molecule has 1 aliphatic heterocycles. The lowest BCUT2D eigenvalue weighted by molar-refractivity contribution is 0.669. The molecule has 1 aromatic heterocycles. The first kappa shape index (κ1) is 11.0.